The summed E-state index contributed by atoms with van der Waals surface area (Å²) in [5.74, 6) is 0. The summed E-state index contributed by atoms with van der Waals surface area (Å²) in [6.45, 7) is 15.0. The van der Waals surface area contributed by atoms with Crippen LogP contribution in [0.1, 0.15) is 25.7 Å². The fraction of sp³-hybridized carbons (Fsp3) is 0.250. The lowest BCUT2D eigenvalue weighted by Crippen LogP contribution is -1.81. The fourth-order valence-corrected chi connectivity index (χ4v) is 1.42. The Morgan fingerprint density at radius 2 is 0.812 bits per heavy atom. The van der Waals surface area contributed by atoms with Gasteiger partial charge < -0.3 is 0 Å². The number of hydrogen-bond acceptors (Lipinski definition) is 0. The Morgan fingerprint density at radius 3 is 1.00 bits per heavy atom. The summed E-state index contributed by atoms with van der Waals surface area (Å²) in [4.78, 5) is 0. The minimum absolute atomic E-state index is 0.915. The van der Waals surface area contributed by atoms with Crippen molar-refractivity contribution in [1.82, 2.24) is 0 Å². The maximum absolute atomic E-state index is 3.75. The van der Waals surface area contributed by atoms with E-state index in [1.807, 2.05) is 24.3 Å². The van der Waals surface area contributed by atoms with Crippen molar-refractivity contribution in [3.8, 4) is 0 Å². The molecular weight excluding hydrogens is 192 g/mol. The maximum Gasteiger partial charge on any atom is -0.0135 e. The average Bonchev–Trinajstić information content (AvgIpc) is 2.27. The molecule has 0 heteroatoms. The molecule has 0 aromatic rings. The van der Waals surface area contributed by atoms with E-state index < -0.39 is 0 Å². The first-order valence-corrected chi connectivity index (χ1v) is 5.59. The van der Waals surface area contributed by atoms with E-state index in [1.54, 1.807) is 0 Å². The highest BCUT2D eigenvalue weighted by Crippen LogP contribution is 2.13. The molecule has 0 saturated carbocycles. The normalized spacial score (nSPS) is 8.75. The highest BCUT2D eigenvalue weighted by atomic mass is 14.0. The molecule has 0 amide bonds. The van der Waals surface area contributed by atoms with Gasteiger partial charge in [0.05, 0.1) is 0 Å². The SMILES string of the molecule is C=CCC(=CC=C(CC=C)CC=C)CC=C. The second-order valence-electron chi connectivity index (χ2n) is 3.62. The standard InChI is InChI=1S/C16H22/c1-5-9-15(10-6-2)13-14-16(11-7-3)12-8-4/h5-8,13-14H,1-4,9-12H2. The van der Waals surface area contributed by atoms with Crippen molar-refractivity contribution in [2.24, 2.45) is 0 Å². The molecule has 0 aliphatic rings. The van der Waals surface area contributed by atoms with Crippen LogP contribution < -0.4 is 0 Å². The van der Waals surface area contributed by atoms with Crippen molar-refractivity contribution in [2.75, 3.05) is 0 Å². The van der Waals surface area contributed by atoms with Crippen LogP contribution in [0.4, 0.5) is 0 Å². The smallest absolute Gasteiger partial charge is 0.0135 e. The lowest BCUT2D eigenvalue weighted by Gasteiger charge is -2.01. The van der Waals surface area contributed by atoms with Crippen molar-refractivity contribution in [3.63, 3.8) is 0 Å². The van der Waals surface area contributed by atoms with Crippen LogP contribution in [0.5, 0.6) is 0 Å². The summed E-state index contributed by atoms with van der Waals surface area (Å²) in [7, 11) is 0. The van der Waals surface area contributed by atoms with Crippen molar-refractivity contribution in [3.05, 3.63) is 73.9 Å². The molecule has 0 aliphatic heterocycles. The van der Waals surface area contributed by atoms with E-state index in [0.717, 1.165) is 25.7 Å². The predicted octanol–water partition coefficient (Wildman–Crippen LogP) is 5.14. The Hall–Kier alpha value is -1.56. The molecule has 0 aromatic heterocycles. The Labute approximate surface area is 100 Å². The Kier molecular flexibility index (Phi) is 9.00. The highest BCUT2D eigenvalue weighted by molar-refractivity contribution is 5.23. The zero-order chi connectivity index (χ0) is 12.2. The first-order valence-electron chi connectivity index (χ1n) is 5.59. The molecule has 0 unspecified atom stereocenters. The number of hydrogen-bond donors (Lipinski definition) is 0. The monoisotopic (exact) mass is 214 g/mol. The summed E-state index contributed by atoms with van der Waals surface area (Å²) in [6, 6.07) is 0. The third-order valence-electron chi connectivity index (χ3n) is 2.18. The zero-order valence-corrected chi connectivity index (χ0v) is 10.1. The van der Waals surface area contributed by atoms with Gasteiger partial charge in [0, 0.05) is 0 Å². The van der Waals surface area contributed by atoms with E-state index in [2.05, 4.69) is 38.5 Å². The van der Waals surface area contributed by atoms with E-state index in [-0.39, 0.29) is 0 Å². The summed E-state index contributed by atoms with van der Waals surface area (Å²) >= 11 is 0. The van der Waals surface area contributed by atoms with E-state index in [9.17, 15) is 0 Å². The van der Waals surface area contributed by atoms with Gasteiger partial charge in [-0.2, -0.15) is 0 Å². The molecule has 0 saturated heterocycles. The molecule has 86 valence electrons. The Balaban J connectivity index is 4.67. The van der Waals surface area contributed by atoms with Gasteiger partial charge in [0.15, 0.2) is 0 Å². The van der Waals surface area contributed by atoms with Gasteiger partial charge in [-0.1, -0.05) is 47.6 Å². The molecule has 0 aromatic carbocycles. The Bertz CT molecular complexity index is 244. The van der Waals surface area contributed by atoms with Gasteiger partial charge in [-0.15, -0.1) is 26.3 Å². The third-order valence-corrected chi connectivity index (χ3v) is 2.18. The average molecular weight is 214 g/mol. The topological polar surface area (TPSA) is 0 Å². The Morgan fingerprint density at radius 1 is 0.562 bits per heavy atom. The van der Waals surface area contributed by atoms with Crippen LogP contribution in [0.3, 0.4) is 0 Å². The zero-order valence-electron chi connectivity index (χ0n) is 10.1. The van der Waals surface area contributed by atoms with Gasteiger partial charge >= 0.3 is 0 Å². The molecule has 16 heavy (non-hydrogen) atoms. The van der Waals surface area contributed by atoms with Crippen LogP contribution in [0.15, 0.2) is 73.9 Å². The summed E-state index contributed by atoms with van der Waals surface area (Å²) in [5, 5.41) is 0. The van der Waals surface area contributed by atoms with Crippen LogP contribution in [-0.4, -0.2) is 0 Å². The van der Waals surface area contributed by atoms with Crippen molar-refractivity contribution in [2.45, 2.75) is 25.7 Å². The van der Waals surface area contributed by atoms with Crippen molar-refractivity contribution < 1.29 is 0 Å². The van der Waals surface area contributed by atoms with Gasteiger partial charge in [0.1, 0.15) is 0 Å². The lowest BCUT2D eigenvalue weighted by atomic mass is 10.0. The first kappa shape index (κ1) is 14.4. The molecule has 0 bridgehead atoms. The highest BCUT2D eigenvalue weighted by Gasteiger charge is 1.93. The molecule has 0 radical (unpaired) electrons. The molecule has 0 atom stereocenters. The molecule has 0 fully saturated rings. The summed E-state index contributed by atoms with van der Waals surface area (Å²) in [5.41, 5.74) is 2.66. The molecule has 0 nitrogen and oxygen atoms in total. The van der Waals surface area contributed by atoms with Gasteiger partial charge in [-0.05, 0) is 25.7 Å². The van der Waals surface area contributed by atoms with Crippen LogP contribution >= 0.6 is 0 Å². The predicted molar refractivity (Wildman–Crippen MR) is 75.4 cm³/mol. The molecule has 0 rings (SSSR count). The van der Waals surface area contributed by atoms with Crippen LogP contribution in [0.2, 0.25) is 0 Å². The summed E-state index contributed by atoms with van der Waals surface area (Å²) < 4.78 is 0. The molecule has 0 spiro atoms. The fourth-order valence-electron chi connectivity index (χ4n) is 1.42. The third kappa shape index (κ3) is 6.83. The van der Waals surface area contributed by atoms with Gasteiger partial charge in [-0.25, -0.2) is 0 Å². The van der Waals surface area contributed by atoms with E-state index in [1.165, 1.54) is 11.1 Å². The largest absolute Gasteiger partial charge is 0.103 e. The number of allylic oxidation sites excluding steroid dienone is 8. The maximum atomic E-state index is 3.75. The van der Waals surface area contributed by atoms with Crippen molar-refractivity contribution >= 4 is 0 Å². The molecule has 0 aliphatic carbocycles. The van der Waals surface area contributed by atoms with Gasteiger partial charge in [-0.3, -0.25) is 0 Å². The first-order chi connectivity index (χ1) is 7.78. The van der Waals surface area contributed by atoms with Crippen LogP contribution in [0, 0.1) is 0 Å². The quantitative estimate of drug-likeness (QED) is 0.368. The van der Waals surface area contributed by atoms with Crippen LogP contribution in [0.25, 0.3) is 0 Å². The van der Waals surface area contributed by atoms with Crippen molar-refractivity contribution in [1.29, 1.82) is 0 Å². The summed E-state index contributed by atoms with van der Waals surface area (Å²) in [6.07, 6.45) is 15.7. The molecular formula is C16H22. The van der Waals surface area contributed by atoms with E-state index >= 15 is 0 Å². The van der Waals surface area contributed by atoms with Gasteiger partial charge in [0.2, 0.25) is 0 Å². The second kappa shape index (κ2) is 9.97. The molecule has 0 heterocycles. The number of rotatable bonds is 9. The lowest BCUT2D eigenvalue weighted by molar-refractivity contribution is 1.09. The van der Waals surface area contributed by atoms with E-state index in [0.29, 0.717) is 0 Å². The second-order valence-corrected chi connectivity index (χ2v) is 3.62. The minimum atomic E-state index is 0.915. The van der Waals surface area contributed by atoms with Crippen LogP contribution in [-0.2, 0) is 0 Å². The van der Waals surface area contributed by atoms with Gasteiger partial charge in [0.25, 0.3) is 0 Å². The molecule has 0 N–H and O–H groups in total. The van der Waals surface area contributed by atoms with E-state index in [4.69, 9.17) is 0 Å². The minimum Gasteiger partial charge on any atom is -0.103 e.